The number of thioether (sulfide) groups is 1. The summed E-state index contributed by atoms with van der Waals surface area (Å²) in [6.07, 6.45) is 2.16. The van der Waals surface area contributed by atoms with E-state index in [0.29, 0.717) is 16.5 Å². The number of halogens is 1. The maximum absolute atomic E-state index is 10.6. The minimum atomic E-state index is -1.03. The molecule has 0 fully saturated rings. The van der Waals surface area contributed by atoms with Crippen LogP contribution < -0.4 is 9.47 Å². The molecule has 0 aromatic heterocycles. The number of carbonyl (C=O) groups is 1. The van der Waals surface area contributed by atoms with Crippen LogP contribution in [0.2, 0.25) is 5.02 Å². The third-order valence-corrected chi connectivity index (χ3v) is 5.70. The summed E-state index contributed by atoms with van der Waals surface area (Å²) in [5.41, 5.74) is 3.21. The van der Waals surface area contributed by atoms with Crippen LogP contribution in [0.25, 0.3) is 5.57 Å². The van der Waals surface area contributed by atoms with Crippen molar-refractivity contribution < 1.29 is 19.4 Å². The summed E-state index contributed by atoms with van der Waals surface area (Å²) in [6.45, 7) is -0.398. The summed E-state index contributed by atoms with van der Waals surface area (Å²) in [7, 11) is 1.67. The fraction of sp³-hybridized carbons (Fsp3) is 0.125. The number of carboxylic acids is 1. The van der Waals surface area contributed by atoms with Gasteiger partial charge in [-0.15, -0.1) is 11.8 Å². The van der Waals surface area contributed by atoms with Crippen LogP contribution in [0, 0.1) is 0 Å². The topological polar surface area (TPSA) is 55.8 Å². The van der Waals surface area contributed by atoms with Crippen molar-refractivity contribution in [2.24, 2.45) is 0 Å². The lowest BCUT2D eigenvalue weighted by Gasteiger charge is -2.13. The first-order valence-electron chi connectivity index (χ1n) is 9.24. The summed E-state index contributed by atoms with van der Waals surface area (Å²) in [6, 6.07) is 23.3. The highest BCUT2D eigenvalue weighted by Gasteiger charge is 2.11. The van der Waals surface area contributed by atoms with Gasteiger partial charge in [0.1, 0.15) is 11.5 Å². The Morgan fingerprint density at radius 2 is 1.80 bits per heavy atom. The number of benzene rings is 3. The van der Waals surface area contributed by atoms with Crippen LogP contribution in [0.5, 0.6) is 11.5 Å². The van der Waals surface area contributed by atoms with Crippen molar-refractivity contribution in [3.8, 4) is 11.5 Å². The van der Waals surface area contributed by atoms with Gasteiger partial charge in [-0.2, -0.15) is 0 Å². The number of hydrogen-bond donors (Lipinski definition) is 1. The van der Waals surface area contributed by atoms with E-state index in [0.717, 1.165) is 27.3 Å². The van der Waals surface area contributed by atoms with Gasteiger partial charge >= 0.3 is 5.97 Å². The Hall–Kier alpha value is -2.89. The first-order valence-corrected chi connectivity index (χ1v) is 10.6. The quantitative estimate of drug-likeness (QED) is 0.411. The Balaban J connectivity index is 1.81. The van der Waals surface area contributed by atoms with Gasteiger partial charge in [0.05, 0.1) is 12.1 Å². The molecule has 0 saturated carbocycles. The molecular weight excluding hydrogens is 420 g/mol. The van der Waals surface area contributed by atoms with Crippen molar-refractivity contribution in [3.05, 3.63) is 95.0 Å². The third kappa shape index (κ3) is 5.81. The fourth-order valence-electron chi connectivity index (χ4n) is 2.92. The summed E-state index contributed by atoms with van der Waals surface area (Å²) >= 11 is 7.94. The first kappa shape index (κ1) is 21.8. The van der Waals surface area contributed by atoms with Crippen molar-refractivity contribution in [1.29, 1.82) is 0 Å². The Morgan fingerprint density at radius 1 is 1.07 bits per heavy atom. The Morgan fingerprint density at radius 3 is 2.50 bits per heavy atom. The molecule has 0 aliphatic heterocycles. The van der Waals surface area contributed by atoms with Crippen LogP contribution in [0.15, 0.2) is 83.8 Å². The number of para-hydroxylation sites is 1. The van der Waals surface area contributed by atoms with E-state index >= 15 is 0 Å². The van der Waals surface area contributed by atoms with Crippen LogP contribution in [-0.4, -0.2) is 30.5 Å². The maximum atomic E-state index is 10.6. The second-order valence-corrected chi connectivity index (χ2v) is 7.74. The van der Waals surface area contributed by atoms with Gasteiger partial charge in [-0.05, 0) is 35.4 Å². The van der Waals surface area contributed by atoms with E-state index in [-0.39, 0.29) is 0 Å². The molecule has 30 heavy (non-hydrogen) atoms. The van der Waals surface area contributed by atoms with Crippen LogP contribution >= 0.6 is 23.4 Å². The molecule has 1 N–H and O–H groups in total. The molecule has 6 heteroatoms. The molecule has 3 aromatic carbocycles. The third-order valence-electron chi connectivity index (χ3n) is 4.27. The van der Waals surface area contributed by atoms with Crippen molar-refractivity contribution in [1.82, 2.24) is 0 Å². The number of ether oxygens (including phenoxy) is 2. The molecule has 3 aromatic rings. The van der Waals surface area contributed by atoms with Gasteiger partial charge in [-0.25, -0.2) is 4.79 Å². The summed E-state index contributed by atoms with van der Waals surface area (Å²) in [5, 5.41) is 9.24. The molecule has 154 valence electrons. The summed E-state index contributed by atoms with van der Waals surface area (Å²) in [4.78, 5) is 11.5. The zero-order valence-electron chi connectivity index (χ0n) is 16.4. The number of rotatable bonds is 9. The highest BCUT2D eigenvalue weighted by atomic mass is 35.5. The molecule has 0 unspecified atom stereocenters. The smallest absolute Gasteiger partial charge is 0.341 e. The van der Waals surface area contributed by atoms with E-state index in [1.54, 1.807) is 31.0 Å². The van der Waals surface area contributed by atoms with E-state index in [4.69, 9.17) is 26.2 Å². The minimum Gasteiger partial charge on any atom is -0.496 e. The van der Waals surface area contributed by atoms with E-state index in [1.165, 1.54) is 0 Å². The second kappa shape index (κ2) is 10.8. The van der Waals surface area contributed by atoms with Gasteiger partial charge in [-0.1, -0.05) is 66.2 Å². The van der Waals surface area contributed by atoms with E-state index in [2.05, 4.69) is 18.2 Å². The van der Waals surface area contributed by atoms with Gasteiger partial charge < -0.3 is 14.6 Å². The average Bonchev–Trinajstić information content (AvgIpc) is 2.77. The van der Waals surface area contributed by atoms with Crippen LogP contribution in [0.1, 0.15) is 11.1 Å². The van der Waals surface area contributed by atoms with Crippen LogP contribution in [-0.2, 0) is 4.79 Å². The minimum absolute atomic E-state index is 0.398. The number of methoxy groups -OCH3 is 1. The Kier molecular flexibility index (Phi) is 7.82. The highest BCUT2D eigenvalue weighted by Crippen LogP contribution is 2.34. The normalized spacial score (nSPS) is 11.2. The zero-order chi connectivity index (χ0) is 21.3. The number of hydrogen-bond acceptors (Lipinski definition) is 4. The van der Waals surface area contributed by atoms with Crippen molar-refractivity contribution in [2.45, 2.75) is 4.90 Å². The van der Waals surface area contributed by atoms with Gasteiger partial charge in [0.25, 0.3) is 0 Å². The molecule has 0 aliphatic rings. The van der Waals surface area contributed by atoms with E-state index < -0.39 is 12.6 Å². The predicted molar refractivity (Wildman–Crippen MR) is 122 cm³/mol. The van der Waals surface area contributed by atoms with E-state index in [1.807, 2.05) is 48.5 Å². The number of carboxylic acid groups (broad SMARTS) is 1. The van der Waals surface area contributed by atoms with Crippen molar-refractivity contribution in [2.75, 3.05) is 19.5 Å². The second-order valence-electron chi connectivity index (χ2n) is 6.27. The van der Waals surface area contributed by atoms with Crippen molar-refractivity contribution >= 4 is 34.9 Å². The average molecular weight is 441 g/mol. The maximum Gasteiger partial charge on any atom is 0.341 e. The molecule has 4 nitrogen and oxygen atoms in total. The number of aliphatic carboxylic acids is 1. The molecule has 0 radical (unpaired) electrons. The summed E-state index contributed by atoms with van der Waals surface area (Å²) in [5.74, 6) is 0.911. The fourth-order valence-corrected chi connectivity index (χ4v) is 4.04. The van der Waals surface area contributed by atoms with Gasteiger partial charge in [0, 0.05) is 16.2 Å². The standard InChI is InChI=1S/C24H21ClO4S/c1-28-22-10-6-5-9-20(22)19(17-7-3-2-4-8-17)13-14-30-23-12-11-18(15-21(23)25)29-16-24(26)27/h2-13,15H,14,16H2,1H3,(H,26,27). The Labute approximate surface area is 185 Å². The van der Waals surface area contributed by atoms with E-state index in [9.17, 15) is 4.79 Å². The molecule has 0 saturated heterocycles. The molecule has 0 atom stereocenters. The molecular formula is C24H21ClO4S. The highest BCUT2D eigenvalue weighted by molar-refractivity contribution is 7.99. The SMILES string of the molecule is COc1ccccc1C(=CCSc1ccc(OCC(=O)O)cc1Cl)c1ccccc1. The zero-order valence-corrected chi connectivity index (χ0v) is 18.0. The van der Waals surface area contributed by atoms with Crippen LogP contribution in [0.4, 0.5) is 0 Å². The first-order chi connectivity index (χ1) is 14.6. The predicted octanol–water partition coefficient (Wildman–Crippen LogP) is 6.04. The van der Waals surface area contributed by atoms with Gasteiger partial charge in [0.15, 0.2) is 6.61 Å². The molecule has 0 heterocycles. The lowest BCUT2D eigenvalue weighted by Crippen LogP contribution is -2.09. The summed E-state index contributed by atoms with van der Waals surface area (Å²) < 4.78 is 10.7. The largest absolute Gasteiger partial charge is 0.496 e. The monoisotopic (exact) mass is 440 g/mol. The molecule has 0 aliphatic carbocycles. The van der Waals surface area contributed by atoms with Gasteiger partial charge in [-0.3, -0.25) is 0 Å². The molecule has 0 bridgehead atoms. The van der Waals surface area contributed by atoms with Crippen molar-refractivity contribution in [3.63, 3.8) is 0 Å². The lowest BCUT2D eigenvalue weighted by molar-refractivity contribution is -0.139. The van der Waals surface area contributed by atoms with Gasteiger partial charge in [0.2, 0.25) is 0 Å². The lowest BCUT2D eigenvalue weighted by atomic mass is 9.97. The Bertz CT molecular complexity index is 1030. The molecule has 0 spiro atoms. The molecule has 0 amide bonds. The van der Waals surface area contributed by atoms with Crippen LogP contribution in [0.3, 0.4) is 0 Å². The molecule has 3 rings (SSSR count).